The smallest absolute Gasteiger partial charge is 0.0367 e. The second-order valence-electron chi connectivity index (χ2n) is 7.14. The van der Waals surface area contributed by atoms with Crippen molar-refractivity contribution >= 4 is 5.69 Å². The molecule has 2 aromatic rings. The van der Waals surface area contributed by atoms with Gasteiger partial charge in [0.1, 0.15) is 0 Å². The number of hydrogen-bond donors (Lipinski definition) is 0. The van der Waals surface area contributed by atoms with E-state index in [1.165, 1.54) is 42.9 Å². The third-order valence-electron chi connectivity index (χ3n) is 5.41. The van der Waals surface area contributed by atoms with Gasteiger partial charge >= 0.3 is 0 Å². The van der Waals surface area contributed by atoms with Gasteiger partial charge in [-0.2, -0.15) is 0 Å². The third-order valence-corrected chi connectivity index (χ3v) is 5.41. The largest absolute Gasteiger partial charge is 0.369 e. The van der Waals surface area contributed by atoms with Crippen LogP contribution in [-0.4, -0.2) is 37.6 Å². The molecule has 0 bridgehead atoms. The second-order valence-corrected chi connectivity index (χ2v) is 7.14. The van der Waals surface area contributed by atoms with Crippen LogP contribution < -0.4 is 4.90 Å². The van der Waals surface area contributed by atoms with Gasteiger partial charge in [0.25, 0.3) is 0 Å². The van der Waals surface area contributed by atoms with Gasteiger partial charge in [-0.05, 0) is 42.9 Å². The molecule has 0 spiro atoms. The van der Waals surface area contributed by atoms with Gasteiger partial charge in [0.15, 0.2) is 0 Å². The van der Waals surface area contributed by atoms with Crippen molar-refractivity contribution in [3.63, 3.8) is 0 Å². The number of rotatable bonds is 4. The predicted molar refractivity (Wildman–Crippen MR) is 97.1 cm³/mol. The summed E-state index contributed by atoms with van der Waals surface area (Å²) in [5, 5.41) is 0. The van der Waals surface area contributed by atoms with Gasteiger partial charge in [-0.3, -0.25) is 4.90 Å². The maximum Gasteiger partial charge on any atom is 0.0367 e. The van der Waals surface area contributed by atoms with Gasteiger partial charge in [-0.15, -0.1) is 0 Å². The van der Waals surface area contributed by atoms with E-state index in [-0.39, 0.29) is 0 Å². The highest BCUT2D eigenvalue weighted by Gasteiger charge is 2.39. The molecule has 2 nitrogen and oxygen atoms in total. The molecule has 1 saturated heterocycles. The molecule has 2 fully saturated rings. The van der Waals surface area contributed by atoms with E-state index in [9.17, 15) is 0 Å². The lowest BCUT2D eigenvalue weighted by Crippen LogP contribution is -2.47. The molecular formula is C21H26N2. The zero-order chi connectivity index (χ0) is 15.6. The maximum absolute atomic E-state index is 2.66. The van der Waals surface area contributed by atoms with Crippen LogP contribution in [0, 0.1) is 12.8 Å². The van der Waals surface area contributed by atoms with Crippen molar-refractivity contribution in [2.75, 3.05) is 37.6 Å². The fourth-order valence-corrected chi connectivity index (χ4v) is 3.83. The molecule has 4 rings (SSSR count). The predicted octanol–water partition coefficient (Wildman–Crippen LogP) is 3.92. The zero-order valence-corrected chi connectivity index (χ0v) is 14.0. The monoisotopic (exact) mass is 306 g/mol. The van der Waals surface area contributed by atoms with Crippen molar-refractivity contribution in [2.24, 2.45) is 5.92 Å². The highest BCUT2D eigenvalue weighted by molar-refractivity contribution is 5.47. The van der Waals surface area contributed by atoms with E-state index >= 15 is 0 Å². The number of anilines is 1. The number of aryl methyl sites for hydroxylation is 1. The number of nitrogens with zero attached hydrogens (tertiary/aromatic N) is 2. The van der Waals surface area contributed by atoms with Crippen LogP contribution in [-0.2, 0) is 0 Å². The first-order valence-electron chi connectivity index (χ1n) is 8.88. The lowest BCUT2D eigenvalue weighted by molar-refractivity contribution is 0.246. The van der Waals surface area contributed by atoms with Gasteiger partial charge < -0.3 is 4.90 Å². The average Bonchev–Trinajstić information content (AvgIpc) is 3.36. The molecule has 120 valence electrons. The van der Waals surface area contributed by atoms with Crippen LogP contribution in [0.2, 0.25) is 0 Å². The summed E-state index contributed by atoms with van der Waals surface area (Å²) in [4.78, 5) is 5.19. The lowest BCUT2D eigenvalue weighted by Gasteiger charge is -2.36. The van der Waals surface area contributed by atoms with Crippen molar-refractivity contribution in [1.29, 1.82) is 0 Å². The Morgan fingerprint density at radius 1 is 0.870 bits per heavy atom. The Bertz CT molecular complexity index is 627. The molecule has 2 unspecified atom stereocenters. The topological polar surface area (TPSA) is 6.48 Å². The van der Waals surface area contributed by atoms with Gasteiger partial charge in [0.2, 0.25) is 0 Å². The van der Waals surface area contributed by atoms with E-state index in [4.69, 9.17) is 0 Å². The summed E-state index contributed by atoms with van der Waals surface area (Å²) >= 11 is 0. The van der Waals surface area contributed by atoms with Gasteiger partial charge in [-0.25, -0.2) is 0 Å². The third kappa shape index (κ3) is 3.42. The summed E-state index contributed by atoms with van der Waals surface area (Å²) in [7, 11) is 0. The first kappa shape index (κ1) is 14.8. The quantitative estimate of drug-likeness (QED) is 0.845. The molecule has 1 aliphatic heterocycles. The first-order chi connectivity index (χ1) is 11.3. The van der Waals surface area contributed by atoms with Crippen LogP contribution in [0.4, 0.5) is 5.69 Å². The van der Waals surface area contributed by atoms with Crippen LogP contribution in [0.15, 0.2) is 54.6 Å². The highest BCUT2D eigenvalue weighted by atomic mass is 15.3. The number of hydrogen-bond acceptors (Lipinski definition) is 2. The Morgan fingerprint density at radius 3 is 2.26 bits per heavy atom. The summed E-state index contributed by atoms with van der Waals surface area (Å²) in [6, 6.07) is 20.0. The average molecular weight is 306 g/mol. The molecule has 2 atom stereocenters. The van der Waals surface area contributed by atoms with Crippen molar-refractivity contribution in [3.05, 3.63) is 65.7 Å². The minimum Gasteiger partial charge on any atom is -0.369 e. The van der Waals surface area contributed by atoms with Crippen LogP contribution in [0.1, 0.15) is 23.5 Å². The molecule has 23 heavy (non-hydrogen) atoms. The van der Waals surface area contributed by atoms with Gasteiger partial charge in [-0.1, -0.05) is 48.0 Å². The normalized spacial score (nSPS) is 24.7. The van der Waals surface area contributed by atoms with E-state index in [0.717, 1.165) is 24.9 Å². The zero-order valence-electron chi connectivity index (χ0n) is 14.0. The van der Waals surface area contributed by atoms with E-state index in [2.05, 4.69) is 71.3 Å². The molecule has 0 amide bonds. The van der Waals surface area contributed by atoms with Crippen molar-refractivity contribution in [3.8, 4) is 0 Å². The van der Waals surface area contributed by atoms with Crippen molar-refractivity contribution in [1.82, 2.24) is 4.90 Å². The molecule has 1 saturated carbocycles. The number of piperazine rings is 1. The Morgan fingerprint density at radius 2 is 1.57 bits per heavy atom. The standard InChI is InChI=1S/C21H26N2/c1-17-7-9-20(10-8-17)23-13-11-22(12-14-23)16-19-15-21(19)18-5-3-2-4-6-18/h2-10,19,21H,11-16H2,1H3. The second kappa shape index (κ2) is 6.37. The Labute approximate surface area is 139 Å². The van der Waals surface area contributed by atoms with Crippen LogP contribution in [0.25, 0.3) is 0 Å². The molecule has 1 aliphatic carbocycles. The molecule has 1 heterocycles. The van der Waals surface area contributed by atoms with Crippen molar-refractivity contribution < 1.29 is 0 Å². The summed E-state index contributed by atoms with van der Waals surface area (Å²) in [6.07, 6.45) is 1.38. The molecule has 0 radical (unpaired) electrons. The molecule has 2 aromatic carbocycles. The van der Waals surface area contributed by atoms with E-state index in [0.29, 0.717) is 0 Å². The highest BCUT2D eigenvalue weighted by Crippen LogP contribution is 2.47. The molecular weight excluding hydrogens is 280 g/mol. The van der Waals surface area contributed by atoms with Crippen LogP contribution in [0.5, 0.6) is 0 Å². The minimum atomic E-state index is 0.811. The fourth-order valence-electron chi connectivity index (χ4n) is 3.83. The Balaban J connectivity index is 1.27. The van der Waals surface area contributed by atoms with Gasteiger partial charge in [0.05, 0.1) is 0 Å². The fraction of sp³-hybridized carbons (Fsp3) is 0.429. The summed E-state index contributed by atoms with van der Waals surface area (Å²) in [5.41, 5.74) is 4.26. The summed E-state index contributed by atoms with van der Waals surface area (Å²) in [6.45, 7) is 8.15. The maximum atomic E-state index is 2.66. The lowest BCUT2D eigenvalue weighted by atomic mass is 10.1. The summed E-state index contributed by atoms with van der Waals surface area (Å²) in [5.74, 6) is 1.69. The minimum absolute atomic E-state index is 0.811. The molecule has 2 heteroatoms. The molecule has 2 aliphatic rings. The Kier molecular flexibility index (Phi) is 4.09. The SMILES string of the molecule is Cc1ccc(N2CCN(CC3CC3c3ccccc3)CC2)cc1. The van der Waals surface area contributed by atoms with Crippen LogP contribution in [0.3, 0.4) is 0 Å². The number of benzene rings is 2. The van der Waals surface area contributed by atoms with Crippen molar-refractivity contribution in [2.45, 2.75) is 19.3 Å². The first-order valence-corrected chi connectivity index (χ1v) is 8.88. The Hall–Kier alpha value is -1.80. The van der Waals surface area contributed by atoms with E-state index in [1.807, 2.05) is 0 Å². The molecule has 0 aromatic heterocycles. The summed E-state index contributed by atoms with van der Waals surface area (Å²) < 4.78 is 0. The van der Waals surface area contributed by atoms with E-state index in [1.54, 1.807) is 0 Å². The molecule has 0 N–H and O–H groups in total. The van der Waals surface area contributed by atoms with E-state index < -0.39 is 0 Å². The van der Waals surface area contributed by atoms with Crippen LogP contribution >= 0.6 is 0 Å². The van der Waals surface area contributed by atoms with Gasteiger partial charge in [0, 0.05) is 38.4 Å².